The van der Waals surface area contributed by atoms with Crippen molar-refractivity contribution in [1.29, 1.82) is 5.26 Å². The van der Waals surface area contributed by atoms with E-state index in [1.807, 2.05) is 43.3 Å². The number of fused-ring (bicyclic) bond motifs is 2. The summed E-state index contributed by atoms with van der Waals surface area (Å²) < 4.78 is 1.11. The van der Waals surface area contributed by atoms with Gasteiger partial charge in [0, 0.05) is 45.5 Å². The largest absolute Gasteiger partial charge is 0.333 e. The van der Waals surface area contributed by atoms with Gasteiger partial charge in [0.2, 0.25) is 0 Å². The van der Waals surface area contributed by atoms with Crippen LogP contribution in [0, 0.1) is 18.3 Å². The maximum atomic E-state index is 13.6. The van der Waals surface area contributed by atoms with Gasteiger partial charge in [-0.3, -0.25) is 14.8 Å². The van der Waals surface area contributed by atoms with E-state index in [2.05, 4.69) is 21.0 Å². The summed E-state index contributed by atoms with van der Waals surface area (Å²) in [5.74, 6) is 0. The molecule has 0 bridgehead atoms. The second-order valence-electron chi connectivity index (χ2n) is 8.84. The summed E-state index contributed by atoms with van der Waals surface area (Å²) in [5, 5.41) is 11.9. The summed E-state index contributed by atoms with van der Waals surface area (Å²) in [4.78, 5) is 38.1. The van der Waals surface area contributed by atoms with Gasteiger partial charge in [-0.25, -0.2) is 9.36 Å². The zero-order chi connectivity index (χ0) is 26.4. The Morgan fingerprint density at radius 1 is 0.895 bits per heavy atom. The maximum absolute atomic E-state index is 13.6. The highest BCUT2D eigenvalue weighted by molar-refractivity contribution is 6.34. The number of benzene rings is 3. The molecule has 0 spiro atoms. The summed E-state index contributed by atoms with van der Waals surface area (Å²) >= 11 is 6.68. The Labute approximate surface area is 221 Å². The van der Waals surface area contributed by atoms with Crippen LogP contribution in [0.1, 0.15) is 11.1 Å². The second kappa shape index (κ2) is 9.11. The van der Waals surface area contributed by atoms with Gasteiger partial charge < -0.3 is 4.98 Å². The van der Waals surface area contributed by atoms with E-state index in [-0.39, 0.29) is 0 Å². The second-order valence-corrected chi connectivity index (χ2v) is 9.25. The molecule has 0 amide bonds. The SMILES string of the molecule is Cc1c(C#N)cncc1-c1cccc(Cl)c1-c1ccc2c(=O)n(-c3cncc4ccccc34)c(=O)[nH]c2c1. The van der Waals surface area contributed by atoms with Crippen molar-refractivity contribution in [3.63, 3.8) is 0 Å². The van der Waals surface area contributed by atoms with Crippen LogP contribution in [0.25, 0.3) is 49.6 Å². The number of rotatable bonds is 3. The Kier molecular flexibility index (Phi) is 5.60. The van der Waals surface area contributed by atoms with E-state index < -0.39 is 11.2 Å². The van der Waals surface area contributed by atoms with Crippen LogP contribution in [-0.4, -0.2) is 19.5 Å². The molecule has 0 aliphatic heterocycles. The van der Waals surface area contributed by atoms with Crippen molar-refractivity contribution in [3.8, 4) is 34.0 Å². The molecule has 0 saturated heterocycles. The molecule has 0 fully saturated rings. The van der Waals surface area contributed by atoms with Crippen molar-refractivity contribution >= 4 is 33.3 Å². The number of aromatic nitrogens is 4. The van der Waals surface area contributed by atoms with Crippen LogP contribution in [0.15, 0.2) is 95.0 Å². The first-order valence-electron chi connectivity index (χ1n) is 11.7. The number of hydrogen-bond donors (Lipinski definition) is 1. The summed E-state index contributed by atoms with van der Waals surface area (Å²) in [7, 11) is 0. The first-order valence-corrected chi connectivity index (χ1v) is 12.1. The topological polar surface area (TPSA) is 104 Å². The van der Waals surface area contributed by atoms with Crippen molar-refractivity contribution in [2.45, 2.75) is 6.92 Å². The van der Waals surface area contributed by atoms with Gasteiger partial charge in [-0.05, 0) is 41.8 Å². The molecule has 6 rings (SSSR count). The molecular weight excluding hydrogens is 498 g/mol. The van der Waals surface area contributed by atoms with Gasteiger partial charge in [0.25, 0.3) is 5.56 Å². The first kappa shape index (κ1) is 23.3. The molecule has 0 aliphatic rings. The van der Waals surface area contributed by atoms with Crippen LogP contribution in [0.2, 0.25) is 5.02 Å². The number of H-pyrrole nitrogens is 1. The van der Waals surface area contributed by atoms with Gasteiger partial charge in [0.15, 0.2) is 0 Å². The molecule has 0 saturated carbocycles. The highest BCUT2D eigenvalue weighted by atomic mass is 35.5. The maximum Gasteiger partial charge on any atom is 0.333 e. The Bertz CT molecular complexity index is 2070. The zero-order valence-corrected chi connectivity index (χ0v) is 20.8. The van der Waals surface area contributed by atoms with Crippen molar-refractivity contribution in [1.82, 2.24) is 19.5 Å². The number of nitrogens with zero attached hydrogens (tertiary/aromatic N) is 4. The third kappa shape index (κ3) is 3.67. The van der Waals surface area contributed by atoms with E-state index in [1.54, 1.807) is 36.7 Å². The number of nitriles is 1. The van der Waals surface area contributed by atoms with Crippen LogP contribution in [0.3, 0.4) is 0 Å². The minimum Gasteiger partial charge on any atom is -0.306 e. The third-order valence-corrected chi connectivity index (χ3v) is 7.03. The molecule has 7 nitrogen and oxygen atoms in total. The molecule has 0 atom stereocenters. The summed E-state index contributed by atoms with van der Waals surface area (Å²) in [5.41, 5.74) is 4.01. The van der Waals surface area contributed by atoms with Crippen LogP contribution >= 0.6 is 11.6 Å². The average molecular weight is 516 g/mol. The van der Waals surface area contributed by atoms with E-state index in [4.69, 9.17) is 11.6 Å². The van der Waals surface area contributed by atoms with Gasteiger partial charge in [0.05, 0.1) is 28.4 Å². The molecule has 3 heterocycles. The van der Waals surface area contributed by atoms with Crippen molar-refractivity contribution in [3.05, 3.63) is 122 Å². The fourth-order valence-corrected chi connectivity index (χ4v) is 5.11. The number of hydrogen-bond acceptors (Lipinski definition) is 5. The minimum absolute atomic E-state index is 0.346. The Morgan fingerprint density at radius 2 is 1.71 bits per heavy atom. The smallest absolute Gasteiger partial charge is 0.306 e. The molecule has 6 aromatic rings. The average Bonchev–Trinajstić information content (AvgIpc) is 2.93. The Balaban J connectivity index is 1.57. The molecule has 1 N–H and O–H groups in total. The summed E-state index contributed by atoms with van der Waals surface area (Å²) in [6.07, 6.45) is 6.43. The Morgan fingerprint density at radius 3 is 2.55 bits per heavy atom. The van der Waals surface area contributed by atoms with Crippen molar-refractivity contribution in [2.75, 3.05) is 0 Å². The number of halogens is 1. The predicted molar refractivity (Wildman–Crippen MR) is 149 cm³/mol. The van der Waals surface area contributed by atoms with E-state index in [9.17, 15) is 14.9 Å². The number of aromatic amines is 1. The van der Waals surface area contributed by atoms with Gasteiger partial charge in [0.1, 0.15) is 6.07 Å². The fourth-order valence-electron chi connectivity index (χ4n) is 4.82. The highest BCUT2D eigenvalue weighted by Gasteiger charge is 2.18. The number of pyridine rings is 2. The molecule has 8 heteroatoms. The van der Waals surface area contributed by atoms with Crippen LogP contribution in [0.4, 0.5) is 0 Å². The van der Waals surface area contributed by atoms with Gasteiger partial charge in [-0.2, -0.15) is 5.26 Å². The molecular formula is C30H18ClN5O2. The molecule has 3 aromatic heterocycles. The van der Waals surface area contributed by atoms with Gasteiger partial charge in [-0.15, -0.1) is 0 Å². The highest BCUT2D eigenvalue weighted by Crippen LogP contribution is 2.39. The van der Waals surface area contributed by atoms with Crippen molar-refractivity contribution < 1.29 is 0 Å². The van der Waals surface area contributed by atoms with Gasteiger partial charge >= 0.3 is 5.69 Å². The summed E-state index contributed by atoms with van der Waals surface area (Å²) in [6, 6.07) is 20.4. The monoisotopic (exact) mass is 515 g/mol. The van der Waals surface area contributed by atoms with E-state index in [0.29, 0.717) is 38.3 Å². The standard InChI is InChI=1S/C30H18ClN5O2/c1-17-20(12-32)14-33-15-24(17)22-7-4-8-25(31)28(22)18-9-10-23-26(11-18)35-30(38)36(29(23)37)27-16-34-13-19-5-2-3-6-21(19)27/h2-11,13-16H,1H3,(H,35,38). The lowest BCUT2D eigenvalue weighted by molar-refractivity contribution is 0.902. The minimum atomic E-state index is -0.570. The number of nitrogens with one attached hydrogen (secondary N) is 1. The molecule has 182 valence electrons. The molecule has 0 aliphatic carbocycles. The van der Waals surface area contributed by atoms with E-state index >= 15 is 0 Å². The molecule has 0 radical (unpaired) electrons. The van der Waals surface area contributed by atoms with Crippen LogP contribution < -0.4 is 11.2 Å². The fraction of sp³-hybridized carbons (Fsp3) is 0.0333. The normalized spacial score (nSPS) is 11.1. The first-order chi connectivity index (χ1) is 18.5. The zero-order valence-electron chi connectivity index (χ0n) is 20.1. The Hall–Kier alpha value is -5.06. The molecule has 0 unspecified atom stereocenters. The third-order valence-electron chi connectivity index (χ3n) is 6.71. The van der Waals surface area contributed by atoms with E-state index in [0.717, 1.165) is 32.0 Å². The van der Waals surface area contributed by atoms with Crippen LogP contribution in [-0.2, 0) is 0 Å². The predicted octanol–water partition coefficient (Wildman–Crippen LogP) is 5.79. The lowest BCUT2D eigenvalue weighted by Crippen LogP contribution is -2.33. The lowest BCUT2D eigenvalue weighted by atomic mass is 9.91. The van der Waals surface area contributed by atoms with Gasteiger partial charge in [-0.1, -0.05) is 54.1 Å². The van der Waals surface area contributed by atoms with E-state index in [1.165, 1.54) is 12.4 Å². The summed E-state index contributed by atoms with van der Waals surface area (Å²) in [6.45, 7) is 1.86. The lowest BCUT2D eigenvalue weighted by Gasteiger charge is -2.15. The quantitative estimate of drug-likeness (QED) is 0.321. The van der Waals surface area contributed by atoms with Crippen molar-refractivity contribution in [2.24, 2.45) is 0 Å². The van der Waals surface area contributed by atoms with Crippen LogP contribution in [0.5, 0.6) is 0 Å². The molecule has 38 heavy (non-hydrogen) atoms. The molecule has 3 aromatic carbocycles.